The van der Waals surface area contributed by atoms with Gasteiger partial charge >= 0.3 is 0 Å². The second-order valence-corrected chi connectivity index (χ2v) is 5.39. The average Bonchev–Trinajstić information content (AvgIpc) is 2.54. The van der Waals surface area contributed by atoms with Gasteiger partial charge in [-0.3, -0.25) is 4.79 Å². The van der Waals surface area contributed by atoms with Gasteiger partial charge in [0, 0.05) is 13.2 Å². The van der Waals surface area contributed by atoms with Crippen LogP contribution in [0.1, 0.15) is 25.3 Å². The number of carbonyl (C=O) groups excluding carboxylic acids is 1. The molecule has 0 unspecified atom stereocenters. The summed E-state index contributed by atoms with van der Waals surface area (Å²) in [4.78, 5) is 12.0. The molecule has 2 rings (SSSR count). The van der Waals surface area contributed by atoms with Gasteiger partial charge in [-0.2, -0.15) is 0 Å². The minimum atomic E-state index is -0.566. The first-order valence-corrected chi connectivity index (χ1v) is 7.39. The van der Waals surface area contributed by atoms with Crippen molar-refractivity contribution in [2.24, 2.45) is 0 Å². The summed E-state index contributed by atoms with van der Waals surface area (Å²) in [5.41, 5.74) is 0.605. The van der Waals surface area contributed by atoms with Gasteiger partial charge in [-0.1, -0.05) is 19.1 Å². The standard InChI is InChI=1S/C16H23NO4/c1-2-13-4-3-5-14(10-13)21-11-15(19)17-16(12-18)6-8-20-9-7-16/h3-5,10,18H,2,6-9,11-12H2,1H3,(H,17,19). The number of benzene rings is 1. The molecular formula is C16H23NO4. The SMILES string of the molecule is CCc1cccc(OCC(=O)NC2(CO)CCOCC2)c1. The lowest BCUT2D eigenvalue weighted by molar-refractivity contribution is -0.127. The summed E-state index contributed by atoms with van der Waals surface area (Å²) >= 11 is 0. The van der Waals surface area contributed by atoms with Crippen LogP contribution in [0.25, 0.3) is 0 Å². The van der Waals surface area contributed by atoms with Gasteiger partial charge < -0.3 is 19.9 Å². The molecule has 5 nitrogen and oxygen atoms in total. The van der Waals surface area contributed by atoms with Crippen LogP contribution in [-0.2, 0) is 16.0 Å². The average molecular weight is 293 g/mol. The van der Waals surface area contributed by atoms with Gasteiger partial charge in [0.1, 0.15) is 5.75 Å². The van der Waals surface area contributed by atoms with Crippen LogP contribution in [0.15, 0.2) is 24.3 Å². The third-order valence-electron chi connectivity index (χ3n) is 3.83. The molecule has 0 saturated carbocycles. The molecule has 1 aromatic carbocycles. The fourth-order valence-electron chi connectivity index (χ4n) is 2.42. The zero-order chi connectivity index (χ0) is 15.1. The molecule has 5 heteroatoms. The van der Waals surface area contributed by atoms with E-state index in [0.29, 0.717) is 31.8 Å². The highest BCUT2D eigenvalue weighted by atomic mass is 16.5. The van der Waals surface area contributed by atoms with Crippen LogP contribution in [0.4, 0.5) is 0 Å². The molecule has 1 fully saturated rings. The van der Waals surface area contributed by atoms with Crippen LogP contribution in [0, 0.1) is 0 Å². The second kappa shape index (κ2) is 7.43. The highest BCUT2D eigenvalue weighted by Crippen LogP contribution is 2.20. The van der Waals surface area contributed by atoms with Gasteiger partial charge in [0.15, 0.2) is 6.61 Å². The van der Waals surface area contributed by atoms with Crippen LogP contribution >= 0.6 is 0 Å². The summed E-state index contributed by atoms with van der Waals surface area (Å²) in [6, 6.07) is 7.71. The fraction of sp³-hybridized carbons (Fsp3) is 0.562. The quantitative estimate of drug-likeness (QED) is 0.829. The smallest absolute Gasteiger partial charge is 0.258 e. The van der Waals surface area contributed by atoms with Gasteiger partial charge in [0.25, 0.3) is 5.91 Å². The largest absolute Gasteiger partial charge is 0.484 e. The molecule has 0 atom stereocenters. The lowest BCUT2D eigenvalue weighted by Crippen LogP contribution is -2.55. The number of carbonyl (C=O) groups is 1. The number of aryl methyl sites for hydroxylation is 1. The van der Waals surface area contributed by atoms with Crippen LogP contribution in [0.3, 0.4) is 0 Å². The van der Waals surface area contributed by atoms with Gasteiger partial charge in [-0.15, -0.1) is 0 Å². The van der Waals surface area contributed by atoms with E-state index >= 15 is 0 Å². The summed E-state index contributed by atoms with van der Waals surface area (Å²) in [5.74, 6) is 0.474. The van der Waals surface area contributed by atoms with Crippen molar-refractivity contribution in [1.82, 2.24) is 5.32 Å². The first-order chi connectivity index (χ1) is 10.2. The molecule has 0 bridgehead atoms. The molecule has 0 radical (unpaired) electrons. The maximum Gasteiger partial charge on any atom is 0.258 e. The summed E-state index contributed by atoms with van der Waals surface area (Å²) in [5, 5.41) is 12.4. The zero-order valence-electron chi connectivity index (χ0n) is 12.4. The minimum Gasteiger partial charge on any atom is -0.484 e. The van der Waals surface area contributed by atoms with Gasteiger partial charge in [-0.25, -0.2) is 0 Å². The lowest BCUT2D eigenvalue weighted by Gasteiger charge is -2.36. The predicted molar refractivity (Wildman–Crippen MR) is 79.3 cm³/mol. The Hall–Kier alpha value is -1.59. The summed E-state index contributed by atoms with van der Waals surface area (Å²) in [6.07, 6.45) is 2.18. The molecule has 21 heavy (non-hydrogen) atoms. The molecule has 0 aliphatic carbocycles. The normalized spacial score (nSPS) is 17.2. The highest BCUT2D eigenvalue weighted by molar-refractivity contribution is 5.78. The van der Waals surface area contributed by atoms with Gasteiger partial charge in [0.05, 0.1) is 12.1 Å². The van der Waals surface area contributed by atoms with Gasteiger partial charge in [-0.05, 0) is 37.0 Å². The Morgan fingerprint density at radius 3 is 2.86 bits per heavy atom. The first kappa shape index (κ1) is 15.8. The van der Waals surface area contributed by atoms with E-state index in [0.717, 1.165) is 6.42 Å². The van der Waals surface area contributed by atoms with E-state index in [1.807, 2.05) is 24.3 Å². The number of aliphatic hydroxyl groups is 1. The Kier molecular flexibility index (Phi) is 5.59. The summed E-state index contributed by atoms with van der Waals surface area (Å²) in [6.45, 7) is 3.06. The van der Waals surface area contributed by atoms with E-state index in [2.05, 4.69) is 12.2 Å². The van der Waals surface area contributed by atoms with Crippen molar-refractivity contribution in [3.63, 3.8) is 0 Å². The molecule has 116 valence electrons. The van der Waals surface area contributed by atoms with E-state index in [1.54, 1.807) is 0 Å². The van der Waals surface area contributed by atoms with Crippen molar-refractivity contribution in [3.8, 4) is 5.75 Å². The van der Waals surface area contributed by atoms with Crippen LogP contribution in [-0.4, -0.2) is 43.0 Å². The van der Waals surface area contributed by atoms with E-state index in [1.165, 1.54) is 5.56 Å². The fourth-order valence-corrected chi connectivity index (χ4v) is 2.42. The number of aliphatic hydroxyl groups excluding tert-OH is 1. The van der Waals surface area contributed by atoms with E-state index in [9.17, 15) is 9.90 Å². The van der Waals surface area contributed by atoms with E-state index in [-0.39, 0.29) is 19.1 Å². The Morgan fingerprint density at radius 2 is 2.19 bits per heavy atom. The van der Waals surface area contributed by atoms with Crippen LogP contribution < -0.4 is 10.1 Å². The number of hydrogen-bond donors (Lipinski definition) is 2. The minimum absolute atomic E-state index is 0.0459. The number of rotatable bonds is 6. The van der Waals surface area contributed by atoms with E-state index < -0.39 is 5.54 Å². The maximum absolute atomic E-state index is 12.0. The van der Waals surface area contributed by atoms with Crippen molar-refractivity contribution in [2.45, 2.75) is 31.7 Å². The zero-order valence-corrected chi connectivity index (χ0v) is 12.4. The molecule has 0 spiro atoms. The molecule has 0 aromatic heterocycles. The van der Waals surface area contributed by atoms with Crippen LogP contribution in [0.5, 0.6) is 5.75 Å². The van der Waals surface area contributed by atoms with Crippen molar-refractivity contribution in [2.75, 3.05) is 26.4 Å². The van der Waals surface area contributed by atoms with Crippen molar-refractivity contribution >= 4 is 5.91 Å². The molecule has 1 aliphatic heterocycles. The third-order valence-corrected chi connectivity index (χ3v) is 3.83. The Labute approximate surface area is 125 Å². The molecule has 1 aliphatic rings. The maximum atomic E-state index is 12.0. The number of amides is 1. The monoisotopic (exact) mass is 293 g/mol. The van der Waals surface area contributed by atoms with Crippen LogP contribution in [0.2, 0.25) is 0 Å². The Bertz CT molecular complexity index is 469. The number of ether oxygens (including phenoxy) is 2. The number of nitrogens with one attached hydrogen (secondary N) is 1. The second-order valence-electron chi connectivity index (χ2n) is 5.39. The molecule has 1 saturated heterocycles. The first-order valence-electron chi connectivity index (χ1n) is 7.39. The Balaban J connectivity index is 1.86. The molecular weight excluding hydrogens is 270 g/mol. The Morgan fingerprint density at radius 1 is 1.43 bits per heavy atom. The summed E-state index contributed by atoms with van der Waals surface area (Å²) < 4.78 is 10.8. The lowest BCUT2D eigenvalue weighted by atomic mass is 9.91. The summed E-state index contributed by atoms with van der Waals surface area (Å²) in [7, 11) is 0. The molecule has 1 amide bonds. The highest BCUT2D eigenvalue weighted by Gasteiger charge is 2.33. The molecule has 1 aromatic rings. The third kappa shape index (κ3) is 4.44. The molecule has 1 heterocycles. The topological polar surface area (TPSA) is 67.8 Å². The molecule has 2 N–H and O–H groups in total. The van der Waals surface area contributed by atoms with Gasteiger partial charge in [0.2, 0.25) is 0 Å². The number of hydrogen-bond acceptors (Lipinski definition) is 4. The van der Waals surface area contributed by atoms with Crippen molar-refractivity contribution in [3.05, 3.63) is 29.8 Å². The van der Waals surface area contributed by atoms with E-state index in [4.69, 9.17) is 9.47 Å². The van der Waals surface area contributed by atoms with Crippen molar-refractivity contribution in [1.29, 1.82) is 0 Å². The predicted octanol–water partition coefficient (Wildman–Crippen LogP) is 1.29. The van der Waals surface area contributed by atoms with Crippen molar-refractivity contribution < 1.29 is 19.4 Å².